The van der Waals surface area contributed by atoms with Crippen LogP contribution in [0.15, 0.2) is 48.6 Å². The van der Waals surface area contributed by atoms with Crippen LogP contribution in [0.4, 0.5) is 0 Å². The van der Waals surface area contributed by atoms with Gasteiger partial charge in [0.2, 0.25) is 5.91 Å². The summed E-state index contributed by atoms with van der Waals surface area (Å²) in [5, 5.41) is 13.7. The number of allylic oxidation sites excluding steroid dienone is 7. The van der Waals surface area contributed by atoms with Gasteiger partial charge in [-0.25, -0.2) is 0 Å². The number of carbonyl (C=O) groups excluding carboxylic acids is 1. The number of quaternary nitrogens is 1. The lowest BCUT2D eigenvalue weighted by Crippen LogP contribution is -2.45. The van der Waals surface area contributed by atoms with Gasteiger partial charge in [0.25, 0.3) is 7.82 Å². The number of carbonyl (C=O) groups is 1. The fraction of sp³-hybridized carbons (Fsp3) is 0.857. The van der Waals surface area contributed by atoms with Crippen LogP contribution in [-0.4, -0.2) is 68.5 Å². The van der Waals surface area contributed by atoms with Crippen molar-refractivity contribution in [1.82, 2.24) is 5.32 Å². The van der Waals surface area contributed by atoms with E-state index in [1.54, 1.807) is 6.08 Å². The van der Waals surface area contributed by atoms with Crippen LogP contribution in [0.3, 0.4) is 0 Å². The van der Waals surface area contributed by atoms with Gasteiger partial charge in [-0.1, -0.05) is 274 Å². The van der Waals surface area contributed by atoms with E-state index in [1.165, 1.54) is 231 Å². The summed E-state index contributed by atoms with van der Waals surface area (Å²) in [6.45, 7) is 4.58. The standard InChI is InChI=1S/C63H121N2O6P/c1-6-8-10-12-14-16-17-18-19-20-21-22-23-24-25-26-27-28-29-30-31-32-33-34-35-36-37-38-39-40-41-42-43-44-45-46-47-49-51-53-55-57-63(67)64-61(60-71-72(68,69)70-59-58-65(3,4)5)62(66)56-54-52-50-48-15-13-11-9-7-2/h15,17-18,20-21,48,54,56,61-62,66H,6-14,16,19,22-47,49-53,55,57-60H2,1-5H3,(H-,64,67,68,69)/b18-17-,21-20-,48-15+,56-54+. The molecular formula is C63H121N2O6P. The molecule has 0 aliphatic heterocycles. The number of phosphoric acid groups is 1. The Kier molecular flexibility index (Phi) is 53.1. The zero-order valence-electron chi connectivity index (χ0n) is 48.4. The zero-order valence-corrected chi connectivity index (χ0v) is 49.3. The van der Waals surface area contributed by atoms with Crippen molar-refractivity contribution in [2.75, 3.05) is 40.9 Å². The minimum absolute atomic E-state index is 0.00557. The van der Waals surface area contributed by atoms with Gasteiger partial charge < -0.3 is 28.8 Å². The molecule has 1 amide bonds. The summed E-state index contributed by atoms with van der Waals surface area (Å²) in [5.74, 6) is -0.206. The maximum atomic E-state index is 12.9. The number of aliphatic hydroxyl groups is 1. The third kappa shape index (κ3) is 56.2. The molecule has 0 heterocycles. The zero-order chi connectivity index (χ0) is 52.7. The van der Waals surface area contributed by atoms with Crippen molar-refractivity contribution in [2.45, 2.75) is 309 Å². The number of rotatable bonds is 57. The molecule has 0 bridgehead atoms. The van der Waals surface area contributed by atoms with Crippen LogP contribution >= 0.6 is 7.82 Å². The molecule has 0 aromatic heterocycles. The van der Waals surface area contributed by atoms with Crippen molar-refractivity contribution in [3.05, 3.63) is 48.6 Å². The SMILES string of the molecule is CCCCC/C=C/CC/C=C/C(O)C(COP(=O)([O-])OCC[N+](C)(C)C)NC(=O)CCCCCCCCCCCCCCCCCCCCCCCCCCCCCCC/C=C\C/C=C\CCCCCCC. The second-order valence-corrected chi connectivity index (χ2v) is 23.8. The first kappa shape index (κ1) is 70.5. The molecule has 0 aliphatic rings. The molecule has 0 saturated carbocycles. The Labute approximate surface area is 448 Å². The van der Waals surface area contributed by atoms with Gasteiger partial charge in [0.1, 0.15) is 13.2 Å². The molecular weight excluding hydrogens is 912 g/mol. The van der Waals surface area contributed by atoms with E-state index >= 15 is 0 Å². The number of amides is 1. The fourth-order valence-corrected chi connectivity index (χ4v) is 9.87. The lowest BCUT2D eigenvalue weighted by molar-refractivity contribution is -0.870. The van der Waals surface area contributed by atoms with Crippen LogP contribution in [0, 0.1) is 0 Å². The normalized spacial score (nSPS) is 14.2. The minimum atomic E-state index is -4.59. The second-order valence-electron chi connectivity index (χ2n) is 22.4. The molecule has 0 aliphatic carbocycles. The maximum absolute atomic E-state index is 12.9. The largest absolute Gasteiger partial charge is 0.756 e. The van der Waals surface area contributed by atoms with Crippen LogP contribution in [0.1, 0.15) is 296 Å². The predicted molar refractivity (Wildman–Crippen MR) is 311 cm³/mol. The van der Waals surface area contributed by atoms with E-state index in [4.69, 9.17) is 9.05 Å². The molecule has 0 fully saturated rings. The van der Waals surface area contributed by atoms with Gasteiger partial charge >= 0.3 is 0 Å². The Morgan fingerprint density at radius 1 is 0.486 bits per heavy atom. The number of nitrogens with one attached hydrogen (secondary N) is 1. The number of phosphoric ester groups is 1. The summed E-state index contributed by atoms with van der Waals surface area (Å²) >= 11 is 0. The highest BCUT2D eigenvalue weighted by atomic mass is 31.2. The van der Waals surface area contributed by atoms with Crippen molar-refractivity contribution in [3.63, 3.8) is 0 Å². The molecule has 0 radical (unpaired) electrons. The van der Waals surface area contributed by atoms with Crippen LogP contribution in [0.2, 0.25) is 0 Å². The monoisotopic (exact) mass is 1030 g/mol. The van der Waals surface area contributed by atoms with Gasteiger partial charge in [-0.3, -0.25) is 9.36 Å². The summed E-state index contributed by atoms with van der Waals surface area (Å²) in [7, 11) is 1.25. The van der Waals surface area contributed by atoms with Crippen LogP contribution in [-0.2, 0) is 18.4 Å². The van der Waals surface area contributed by atoms with E-state index in [0.717, 1.165) is 44.9 Å². The van der Waals surface area contributed by atoms with Crippen LogP contribution in [0.25, 0.3) is 0 Å². The average molecular weight is 1030 g/mol. The van der Waals surface area contributed by atoms with Crippen molar-refractivity contribution >= 4 is 13.7 Å². The smallest absolute Gasteiger partial charge is 0.268 e. The third-order valence-corrected chi connectivity index (χ3v) is 15.0. The highest BCUT2D eigenvalue weighted by molar-refractivity contribution is 7.45. The fourth-order valence-electron chi connectivity index (χ4n) is 9.14. The Morgan fingerprint density at radius 2 is 0.819 bits per heavy atom. The van der Waals surface area contributed by atoms with Gasteiger partial charge in [0.05, 0.1) is 39.9 Å². The lowest BCUT2D eigenvalue weighted by Gasteiger charge is -2.29. The Bertz CT molecular complexity index is 1310. The van der Waals surface area contributed by atoms with Crippen molar-refractivity contribution < 1.29 is 32.9 Å². The Morgan fingerprint density at radius 3 is 1.24 bits per heavy atom. The number of nitrogens with zero attached hydrogens (tertiary/aromatic N) is 1. The van der Waals surface area contributed by atoms with Crippen molar-refractivity contribution in [3.8, 4) is 0 Å². The van der Waals surface area contributed by atoms with E-state index in [9.17, 15) is 19.4 Å². The molecule has 72 heavy (non-hydrogen) atoms. The highest BCUT2D eigenvalue weighted by Crippen LogP contribution is 2.38. The van der Waals surface area contributed by atoms with Crippen molar-refractivity contribution in [1.29, 1.82) is 0 Å². The van der Waals surface area contributed by atoms with Crippen LogP contribution in [0.5, 0.6) is 0 Å². The molecule has 9 heteroatoms. The summed E-state index contributed by atoms with van der Waals surface area (Å²) in [5.41, 5.74) is 0. The van der Waals surface area contributed by atoms with Gasteiger partial charge in [-0.15, -0.1) is 0 Å². The summed E-state index contributed by atoms with van der Waals surface area (Å²) in [6, 6.07) is -0.899. The molecule has 3 atom stereocenters. The van der Waals surface area contributed by atoms with E-state index in [0.29, 0.717) is 17.4 Å². The Hall–Kier alpha value is -1.54. The molecule has 0 aromatic carbocycles. The number of unbranched alkanes of at least 4 members (excludes halogenated alkanes) is 38. The average Bonchev–Trinajstić information content (AvgIpc) is 3.34. The summed E-state index contributed by atoms with van der Waals surface area (Å²) in [4.78, 5) is 25.3. The van der Waals surface area contributed by atoms with Crippen LogP contribution < -0.4 is 10.2 Å². The first-order valence-electron chi connectivity index (χ1n) is 31.0. The Balaban J connectivity index is 3.75. The van der Waals surface area contributed by atoms with E-state index in [1.807, 2.05) is 27.2 Å². The lowest BCUT2D eigenvalue weighted by atomic mass is 10.0. The molecule has 0 saturated heterocycles. The molecule has 0 spiro atoms. The van der Waals surface area contributed by atoms with E-state index < -0.39 is 26.6 Å². The molecule has 0 aromatic rings. The van der Waals surface area contributed by atoms with Gasteiger partial charge in [0.15, 0.2) is 0 Å². The van der Waals surface area contributed by atoms with Crippen molar-refractivity contribution in [2.24, 2.45) is 0 Å². The highest BCUT2D eigenvalue weighted by Gasteiger charge is 2.23. The predicted octanol–water partition coefficient (Wildman–Crippen LogP) is 18.5. The number of hydrogen-bond donors (Lipinski definition) is 2. The third-order valence-electron chi connectivity index (χ3n) is 14.0. The minimum Gasteiger partial charge on any atom is -0.756 e. The topological polar surface area (TPSA) is 108 Å². The summed E-state index contributed by atoms with van der Waals surface area (Å²) < 4.78 is 23.2. The number of likely N-dealkylation sites (N-methyl/N-ethyl adjacent to an activating group) is 1. The summed E-state index contributed by atoms with van der Waals surface area (Å²) in [6.07, 6.45) is 72.6. The first-order chi connectivity index (χ1) is 35.0. The molecule has 0 rings (SSSR count). The quantitative estimate of drug-likeness (QED) is 0.0272. The van der Waals surface area contributed by atoms with E-state index in [2.05, 4.69) is 55.6 Å². The van der Waals surface area contributed by atoms with E-state index in [-0.39, 0.29) is 12.5 Å². The van der Waals surface area contributed by atoms with Gasteiger partial charge in [-0.05, 0) is 64.2 Å². The number of hydrogen-bond acceptors (Lipinski definition) is 6. The molecule has 3 unspecified atom stereocenters. The maximum Gasteiger partial charge on any atom is 0.268 e. The second kappa shape index (κ2) is 54.3. The molecule has 8 nitrogen and oxygen atoms in total. The van der Waals surface area contributed by atoms with Gasteiger partial charge in [-0.2, -0.15) is 0 Å². The number of aliphatic hydroxyl groups excluding tert-OH is 1. The molecule has 424 valence electrons. The first-order valence-corrected chi connectivity index (χ1v) is 32.5. The molecule has 2 N–H and O–H groups in total. The van der Waals surface area contributed by atoms with Gasteiger partial charge in [0, 0.05) is 6.42 Å².